The molecule has 0 saturated carbocycles. The van der Waals surface area contributed by atoms with Crippen LogP contribution in [0, 0.1) is 0 Å². The van der Waals surface area contributed by atoms with E-state index in [1.54, 1.807) is 0 Å². The molecule has 1 fully saturated rings. The first-order chi connectivity index (χ1) is 9.36. The number of nitrogens with zero attached hydrogens (tertiary/aromatic N) is 2. The van der Waals surface area contributed by atoms with Crippen molar-refractivity contribution in [1.82, 2.24) is 9.21 Å². The number of hydrogen-bond donors (Lipinski definition) is 1. The van der Waals surface area contributed by atoms with E-state index in [0.29, 0.717) is 19.0 Å². The van der Waals surface area contributed by atoms with Crippen molar-refractivity contribution in [1.29, 1.82) is 0 Å². The molecule has 0 aliphatic carbocycles. The van der Waals surface area contributed by atoms with Gasteiger partial charge in [0.25, 0.3) is 10.2 Å². The Morgan fingerprint density at radius 2 is 1.65 bits per heavy atom. The zero-order valence-corrected chi connectivity index (χ0v) is 12.9. The smallest absolute Gasteiger partial charge is 0.276 e. The SMILES string of the molecule is CC(C)c1ccc(CN2CCN(S(N)(=O)=O)CC2)cc1. The van der Waals surface area contributed by atoms with Crippen molar-refractivity contribution in [3.05, 3.63) is 35.4 Å². The van der Waals surface area contributed by atoms with Crippen molar-refractivity contribution < 1.29 is 8.42 Å². The lowest BCUT2D eigenvalue weighted by molar-refractivity contribution is 0.181. The molecule has 0 bridgehead atoms. The Balaban J connectivity index is 1.89. The molecule has 1 saturated heterocycles. The maximum atomic E-state index is 11.2. The average molecular weight is 297 g/mol. The van der Waals surface area contributed by atoms with E-state index in [1.807, 2.05) is 0 Å². The highest BCUT2D eigenvalue weighted by Gasteiger charge is 2.23. The molecule has 0 atom stereocenters. The summed E-state index contributed by atoms with van der Waals surface area (Å²) < 4.78 is 23.8. The third-order valence-corrected chi connectivity index (χ3v) is 4.83. The van der Waals surface area contributed by atoms with Gasteiger partial charge in [0, 0.05) is 32.7 Å². The molecule has 2 N–H and O–H groups in total. The zero-order chi connectivity index (χ0) is 14.8. The fraction of sp³-hybridized carbons (Fsp3) is 0.571. The highest BCUT2D eigenvalue weighted by atomic mass is 32.2. The lowest BCUT2D eigenvalue weighted by atomic mass is 10.0. The molecular weight excluding hydrogens is 274 g/mol. The van der Waals surface area contributed by atoms with E-state index in [1.165, 1.54) is 15.4 Å². The van der Waals surface area contributed by atoms with Crippen molar-refractivity contribution in [2.75, 3.05) is 26.2 Å². The summed E-state index contributed by atoms with van der Waals surface area (Å²) in [5, 5.41) is 5.13. The van der Waals surface area contributed by atoms with Crippen LogP contribution >= 0.6 is 0 Å². The highest BCUT2D eigenvalue weighted by molar-refractivity contribution is 7.86. The predicted octanol–water partition coefficient (Wildman–Crippen LogP) is 1.13. The van der Waals surface area contributed by atoms with Gasteiger partial charge in [0.2, 0.25) is 0 Å². The minimum atomic E-state index is -3.53. The van der Waals surface area contributed by atoms with Crippen LogP contribution in [0.4, 0.5) is 0 Å². The number of hydrogen-bond acceptors (Lipinski definition) is 3. The fourth-order valence-electron chi connectivity index (χ4n) is 2.41. The van der Waals surface area contributed by atoms with E-state index < -0.39 is 10.2 Å². The molecule has 1 aromatic rings. The van der Waals surface area contributed by atoms with Gasteiger partial charge in [0.15, 0.2) is 0 Å². The van der Waals surface area contributed by atoms with E-state index in [4.69, 9.17) is 5.14 Å². The zero-order valence-electron chi connectivity index (χ0n) is 12.1. The predicted molar refractivity (Wildman–Crippen MR) is 80.5 cm³/mol. The Morgan fingerprint density at radius 1 is 1.10 bits per heavy atom. The van der Waals surface area contributed by atoms with E-state index in [-0.39, 0.29) is 0 Å². The normalized spacial score (nSPS) is 18.6. The minimum absolute atomic E-state index is 0.475. The van der Waals surface area contributed by atoms with Crippen LogP contribution in [0.1, 0.15) is 30.9 Å². The lowest BCUT2D eigenvalue weighted by Crippen LogP contribution is -2.50. The second-order valence-electron chi connectivity index (χ2n) is 5.62. The molecule has 6 heteroatoms. The van der Waals surface area contributed by atoms with Crippen molar-refractivity contribution in [3.8, 4) is 0 Å². The van der Waals surface area contributed by atoms with E-state index >= 15 is 0 Å². The molecule has 0 amide bonds. The fourth-order valence-corrected chi connectivity index (χ4v) is 3.08. The van der Waals surface area contributed by atoms with Crippen LogP contribution in [0.2, 0.25) is 0 Å². The molecule has 1 heterocycles. The van der Waals surface area contributed by atoms with Gasteiger partial charge in [-0.2, -0.15) is 12.7 Å². The Labute approximate surface area is 121 Å². The van der Waals surface area contributed by atoms with Gasteiger partial charge in [-0.1, -0.05) is 38.1 Å². The van der Waals surface area contributed by atoms with Gasteiger partial charge in [-0.15, -0.1) is 0 Å². The molecule has 2 rings (SSSR count). The first kappa shape index (κ1) is 15.4. The second-order valence-corrected chi connectivity index (χ2v) is 7.16. The molecule has 1 aromatic carbocycles. The highest BCUT2D eigenvalue weighted by Crippen LogP contribution is 2.16. The first-order valence-corrected chi connectivity index (χ1v) is 8.45. The molecule has 0 radical (unpaired) electrons. The Bertz CT molecular complexity index is 532. The minimum Gasteiger partial charge on any atom is -0.296 e. The number of rotatable bonds is 4. The second kappa shape index (κ2) is 6.22. The van der Waals surface area contributed by atoms with E-state index in [0.717, 1.165) is 19.6 Å². The quantitative estimate of drug-likeness (QED) is 0.906. The third kappa shape index (κ3) is 4.02. The molecule has 112 valence electrons. The largest absolute Gasteiger partial charge is 0.296 e. The monoisotopic (exact) mass is 297 g/mol. The number of nitrogens with two attached hydrogens (primary N) is 1. The van der Waals surface area contributed by atoms with E-state index in [2.05, 4.69) is 43.0 Å². The van der Waals surface area contributed by atoms with Crippen molar-refractivity contribution in [2.24, 2.45) is 5.14 Å². The van der Waals surface area contributed by atoms with Crippen LogP contribution < -0.4 is 5.14 Å². The Kier molecular flexibility index (Phi) is 4.80. The molecule has 0 spiro atoms. The van der Waals surface area contributed by atoms with Gasteiger partial charge in [0.1, 0.15) is 0 Å². The van der Waals surface area contributed by atoms with E-state index in [9.17, 15) is 8.42 Å². The molecular formula is C14H23N3O2S. The summed E-state index contributed by atoms with van der Waals surface area (Å²) in [7, 11) is -3.53. The van der Waals surface area contributed by atoms with Gasteiger partial charge in [-0.25, -0.2) is 5.14 Å². The molecule has 0 unspecified atom stereocenters. The Hall–Kier alpha value is -0.950. The summed E-state index contributed by atoms with van der Waals surface area (Å²) in [5.41, 5.74) is 2.60. The summed E-state index contributed by atoms with van der Waals surface area (Å²) >= 11 is 0. The van der Waals surface area contributed by atoms with Gasteiger partial charge in [-0.3, -0.25) is 4.90 Å². The Morgan fingerprint density at radius 3 is 2.10 bits per heavy atom. The van der Waals surface area contributed by atoms with Crippen LogP contribution in [-0.2, 0) is 16.8 Å². The standard InChI is InChI=1S/C14H23N3O2S/c1-12(2)14-5-3-13(4-6-14)11-16-7-9-17(10-8-16)20(15,18)19/h3-6,12H,7-11H2,1-2H3,(H2,15,18,19). The molecule has 20 heavy (non-hydrogen) atoms. The summed E-state index contributed by atoms with van der Waals surface area (Å²) in [6.45, 7) is 7.62. The topological polar surface area (TPSA) is 66.6 Å². The van der Waals surface area contributed by atoms with Gasteiger partial charge < -0.3 is 0 Å². The summed E-state index contributed by atoms with van der Waals surface area (Å²) in [4.78, 5) is 2.26. The third-order valence-electron chi connectivity index (χ3n) is 3.74. The first-order valence-electron chi connectivity index (χ1n) is 6.95. The lowest BCUT2D eigenvalue weighted by Gasteiger charge is -2.32. The summed E-state index contributed by atoms with van der Waals surface area (Å²) in [6, 6.07) is 8.64. The van der Waals surface area contributed by atoms with Crippen LogP contribution in [0.3, 0.4) is 0 Å². The molecule has 0 aromatic heterocycles. The number of benzene rings is 1. The van der Waals surface area contributed by atoms with Crippen molar-refractivity contribution in [3.63, 3.8) is 0 Å². The summed E-state index contributed by atoms with van der Waals surface area (Å²) in [5.74, 6) is 0.544. The molecule has 5 nitrogen and oxygen atoms in total. The maximum absolute atomic E-state index is 11.2. The summed E-state index contributed by atoms with van der Waals surface area (Å²) in [6.07, 6.45) is 0. The number of piperazine rings is 1. The van der Waals surface area contributed by atoms with Crippen LogP contribution in [0.15, 0.2) is 24.3 Å². The van der Waals surface area contributed by atoms with Crippen molar-refractivity contribution in [2.45, 2.75) is 26.3 Å². The molecule has 1 aliphatic heterocycles. The van der Waals surface area contributed by atoms with Crippen LogP contribution in [0.25, 0.3) is 0 Å². The van der Waals surface area contributed by atoms with Gasteiger partial charge >= 0.3 is 0 Å². The van der Waals surface area contributed by atoms with Crippen LogP contribution in [0.5, 0.6) is 0 Å². The van der Waals surface area contributed by atoms with Gasteiger partial charge in [0.05, 0.1) is 0 Å². The molecule has 1 aliphatic rings. The maximum Gasteiger partial charge on any atom is 0.276 e. The van der Waals surface area contributed by atoms with Gasteiger partial charge in [-0.05, 0) is 17.0 Å². The van der Waals surface area contributed by atoms with Crippen molar-refractivity contribution >= 4 is 10.2 Å². The van der Waals surface area contributed by atoms with Crippen LogP contribution in [-0.4, -0.2) is 43.8 Å². The average Bonchev–Trinajstić information content (AvgIpc) is 2.39.